The first kappa shape index (κ1) is 14.2. The standard InChI is InChI=1S/C14H22BrP/c1-11(9-14(2,3)4)10-16-13-7-5-12(15)6-8-13/h5-8,11,16H,9-10H2,1-4H3. The fourth-order valence-electron chi connectivity index (χ4n) is 1.98. The molecule has 0 N–H and O–H groups in total. The molecule has 0 aliphatic rings. The summed E-state index contributed by atoms with van der Waals surface area (Å²) in [7, 11) is 0.946. The average Bonchev–Trinajstić information content (AvgIpc) is 2.14. The molecule has 0 radical (unpaired) electrons. The highest BCUT2D eigenvalue weighted by molar-refractivity contribution is 9.10. The van der Waals surface area contributed by atoms with Crippen molar-refractivity contribution in [2.24, 2.45) is 11.3 Å². The largest absolute Gasteiger partial charge is 0.0901 e. The number of hydrogen-bond donors (Lipinski definition) is 0. The van der Waals surface area contributed by atoms with Crippen molar-refractivity contribution >= 4 is 29.8 Å². The van der Waals surface area contributed by atoms with Gasteiger partial charge in [0, 0.05) is 4.47 Å². The number of hydrogen-bond acceptors (Lipinski definition) is 0. The Morgan fingerprint density at radius 3 is 2.25 bits per heavy atom. The van der Waals surface area contributed by atoms with Gasteiger partial charge < -0.3 is 0 Å². The minimum absolute atomic E-state index is 0.462. The van der Waals surface area contributed by atoms with Gasteiger partial charge >= 0.3 is 0 Å². The highest BCUT2D eigenvalue weighted by atomic mass is 79.9. The lowest BCUT2D eigenvalue weighted by molar-refractivity contribution is 0.323. The van der Waals surface area contributed by atoms with Gasteiger partial charge in [0.25, 0.3) is 0 Å². The number of rotatable bonds is 4. The van der Waals surface area contributed by atoms with Gasteiger partial charge in [-0.2, -0.15) is 0 Å². The zero-order chi connectivity index (χ0) is 12.2. The Morgan fingerprint density at radius 2 is 1.75 bits per heavy atom. The summed E-state index contributed by atoms with van der Waals surface area (Å²) in [6.07, 6.45) is 2.63. The second-order valence-electron chi connectivity index (χ2n) is 5.76. The van der Waals surface area contributed by atoms with Crippen LogP contribution in [-0.2, 0) is 0 Å². The second-order valence-corrected chi connectivity index (χ2v) is 8.01. The van der Waals surface area contributed by atoms with Crippen LogP contribution in [0.2, 0.25) is 0 Å². The van der Waals surface area contributed by atoms with Gasteiger partial charge in [-0.3, -0.25) is 0 Å². The topological polar surface area (TPSA) is 0 Å². The van der Waals surface area contributed by atoms with E-state index >= 15 is 0 Å². The van der Waals surface area contributed by atoms with Gasteiger partial charge in [-0.25, -0.2) is 0 Å². The Bertz CT molecular complexity index is 311. The molecule has 0 saturated heterocycles. The van der Waals surface area contributed by atoms with E-state index in [4.69, 9.17) is 0 Å². The Hall–Kier alpha value is 0.130. The lowest BCUT2D eigenvalue weighted by Gasteiger charge is -2.23. The Morgan fingerprint density at radius 1 is 1.19 bits per heavy atom. The van der Waals surface area contributed by atoms with Crippen molar-refractivity contribution in [2.75, 3.05) is 6.16 Å². The summed E-state index contributed by atoms with van der Waals surface area (Å²) in [4.78, 5) is 0. The SMILES string of the molecule is CC(CPc1ccc(Br)cc1)CC(C)(C)C. The van der Waals surface area contributed by atoms with Crippen LogP contribution in [0.3, 0.4) is 0 Å². The van der Waals surface area contributed by atoms with Gasteiger partial charge in [0.15, 0.2) is 0 Å². The molecule has 0 nitrogen and oxygen atoms in total. The summed E-state index contributed by atoms with van der Waals surface area (Å²) in [6.45, 7) is 9.35. The van der Waals surface area contributed by atoms with Crippen LogP contribution >= 0.6 is 24.5 Å². The van der Waals surface area contributed by atoms with Crippen molar-refractivity contribution in [1.82, 2.24) is 0 Å². The molecule has 0 heterocycles. The van der Waals surface area contributed by atoms with E-state index in [-0.39, 0.29) is 0 Å². The molecule has 0 aliphatic carbocycles. The van der Waals surface area contributed by atoms with Gasteiger partial charge in [0.05, 0.1) is 0 Å². The van der Waals surface area contributed by atoms with E-state index in [1.807, 2.05) is 0 Å². The monoisotopic (exact) mass is 300 g/mol. The first-order valence-electron chi connectivity index (χ1n) is 5.86. The second kappa shape index (κ2) is 6.17. The third-order valence-corrected chi connectivity index (χ3v) is 4.63. The predicted octanol–water partition coefficient (Wildman–Crippen LogP) is 4.83. The van der Waals surface area contributed by atoms with Crippen LogP contribution in [0.4, 0.5) is 0 Å². The van der Waals surface area contributed by atoms with E-state index in [2.05, 4.69) is 67.9 Å². The fraction of sp³-hybridized carbons (Fsp3) is 0.571. The molecule has 0 spiro atoms. The van der Waals surface area contributed by atoms with Crippen molar-refractivity contribution in [3.63, 3.8) is 0 Å². The van der Waals surface area contributed by atoms with E-state index in [0.717, 1.165) is 14.5 Å². The van der Waals surface area contributed by atoms with E-state index in [1.54, 1.807) is 0 Å². The van der Waals surface area contributed by atoms with Crippen molar-refractivity contribution in [1.29, 1.82) is 0 Å². The molecule has 90 valence electrons. The molecule has 16 heavy (non-hydrogen) atoms. The summed E-state index contributed by atoms with van der Waals surface area (Å²) >= 11 is 3.47. The average molecular weight is 301 g/mol. The minimum Gasteiger partial charge on any atom is -0.0901 e. The van der Waals surface area contributed by atoms with Crippen LogP contribution in [0.15, 0.2) is 28.7 Å². The molecule has 0 amide bonds. The summed E-state index contributed by atoms with van der Waals surface area (Å²) in [5.41, 5.74) is 0.462. The smallest absolute Gasteiger partial charge is 0.0175 e. The van der Waals surface area contributed by atoms with Crippen LogP contribution in [0.25, 0.3) is 0 Å². The fourth-order valence-corrected chi connectivity index (χ4v) is 3.37. The van der Waals surface area contributed by atoms with Crippen LogP contribution in [0.1, 0.15) is 34.1 Å². The van der Waals surface area contributed by atoms with E-state index in [9.17, 15) is 0 Å². The summed E-state index contributed by atoms with van der Waals surface area (Å²) in [6, 6.07) is 8.73. The zero-order valence-corrected chi connectivity index (χ0v) is 13.3. The van der Waals surface area contributed by atoms with Gasteiger partial charge in [-0.15, -0.1) is 0 Å². The van der Waals surface area contributed by atoms with Crippen molar-refractivity contribution in [3.05, 3.63) is 28.7 Å². The van der Waals surface area contributed by atoms with Gasteiger partial charge in [-0.1, -0.05) is 64.3 Å². The molecule has 0 aromatic heterocycles. The predicted molar refractivity (Wildman–Crippen MR) is 80.2 cm³/mol. The van der Waals surface area contributed by atoms with Gasteiger partial charge in [0.1, 0.15) is 0 Å². The van der Waals surface area contributed by atoms with Crippen molar-refractivity contribution < 1.29 is 0 Å². The van der Waals surface area contributed by atoms with Crippen LogP contribution < -0.4 is 5.30 Å². The Kier molecular flexibility index (Phi) is 5.47. The molecule has 2 unspecified atom stereocenters. The van der Waals surface area contributed by atoms with Crippen LogP contribution in [0.5, 0.6) is 0 Å². The maximum absolute atomic E-state index is 3.47. The lowest BCUT2D eigenvalue weighted by Crippen LogP contribution is -2.13. The minimum atomic E-state index is 0.462. The molecule has 0 aliphatic heterocycles. The maximum Gasteiger partial charge on any atom is 0.0175 e. The third kappa shape index (κ3) is 6.01. The Balaban J connectivity index is 2.37. The molecule has 0 fully saturated rings. The summed E-state index contributed by atoms with van der Waals surface area (Å²) in [5.74, 6) is 0.821. The van der Waals surface area contributed by atoms with E-state index in [0.29, 0.717) is 5.41 Å². The molecule has 1 rings (SSSR count). The van der Waals surface area contributed by atoms with Crippen LogP contribution in [-0.4, -0.2) is 6.16 Å². The summed E-state index contributed by atoms with van der Waals surface area (Å²) < 4.78 is 1.17. The quantitative estimate of drug-likeness (QED) is 0.699. The molecular formula is C14H22BrP. The number of benzene rings is 1. The zero-order valence-electron chi connectivity index (χ0n) is 10.7. The van der Waals surface area contributed by atoms with Gasteiger partial charge in [0.2, 0.25) is 0 Å². The molecule has 2 atom stereocenters. The Labute approximate surface area is 110 Å². The van der Waals surface area contributed by atoms with Crippen molar-refractivity contribution in [3.8, 4) is 0 Å². The highest BCUT2D eigenvalue weighted by Crippen LogP contribution is 2.28. The third-order valence-electron chi connectivity index (χ3n) is 2.46. The molecule has 2 heteroatoms. The maximum atomic E-state index is 3.47. The van der Waals surface area contributed by atoms with E-state index < -0.39 is 0 Å². The number of halogens is 1. The first-order valence-corrected chi connectivity index (χ1v) is 7.86. The molecular weight excluding hydrogens is 279 g/mol. The molecule has 1 aromatic carbocycles. The molecule has 1 aromatic rings. The van der Waals surface area contributed by atoms with Crippen molar-refractivity contribution in [2.45, 2.75) is 34.1 Å². The van der Waals surface area contributed by atoms with Crippen LogP contribution in [0, 0.1) is 11.3 Å². The van der Waals surface area contributed by atoms with E-state index in [1.165, 1.54) is 22.4 Å². The first-order chi connectivity index (χ1) is 7.37. The summed E-state index contributed by atoms with van der Waals surface area (Å²) in [5, 5.41) is 1.48. The molecule has 0 bridgehead atoms. The highest BCUT2D eigenvalue weighted by Gasteiger charge is 2.14. The normalized spacial score (nSPS) is 14.6. The van der Waals surface area contributed by atoms with Gasteiger partial charge in [-0.05, 0) is 41.4 Å². The lowest BCUT2D eigenvalue weighted by atomic mass is 9.86. The molecule has 0 saturated carbocycles.